The lowest BCUT2D eigenvalue weighted by atomic mass is 10.1. The summed E-state index contributed by atoms with van der Waals surface area (Å²) in [4.78, 5) is 10.5. The Labute approximate surface area is 82.9 Å². The van der Waals surface area contributed by atoms with Gasteiger partial charge in [-0.3, -0.25) is 4.79 Å². The van der Waals surface area contributed by atoms with Crippen molar-refractivity contribution in [3.63, 3.8) is 0 Å². The molecule has 0 aliphatic heterocycles. The average Bonchev–Trinajstić information content (AvgIpc) is 2.19. The summed E-state index contributed by atoms with van der Waals surface area (Å²) >= 11 is 0. The number of hydrogen-bond donors (Lipinski definition) is 2. The van der Waals surface area contributed by atoms with Crippen LogP contribution in [0.15, 0.2) is 36.4 Å². The van der Waals surface area contributed by atoms with Crippen LogP contribution in [0.4, 0.5) is 0 Å². The van der Waals surface area contributed by atoms with Crippen molar-refractivity contribution in [3.05, 3.63) is 42.0 Å². The Morgan fingerprint density at radius 2 is 2.07 bits per heavy atom. The highest BCUT2D eigenvalue weighted by molar-refractivity contribution is 5.78. The van der Waals surface area contributed by atoms with E-state index < -0.39 is 12.0 Å². The summed E-state index contributed by atoms with van der Waals surface area (Å²) in [5, 5.41) is 9.08. The molecular weight excluding hydrogens is 178 g/mol. The molecule has 0 aliphatic carbocycles. The number of hydrogen-bond acceptors (Lipinski definition) is 2. The zero-order valence-electron chi connectivity index (χ0n) is 7.76. The number of carbonyl (C=O) groups excluding carboxylic acids is 1. The highest BCUT2D eigenvalue weighted by Crippen LogP contribution is 2.02. The highest BCUT2D eigenvalue weighted by atomic mass is 16.3. The van der Waals surface area contributed by atoms with Gasteiger partial charge in [0.1, 0.15) is 6.10 Å². The normalized spacial score (nSPS) is 12.9. The van der Waals surface area contributed by atoms with E-state index in [4.69, 9.17) is 10.8 Å². The van der Waals surface area contributed by atoms with Crippen molar-refractivity contribution in [2.75, 3.05) is 0 Å². The molecular formula is C11H13NO2. The molecule has 0 bridgehead atoms. The van der Waals surface area contributed by atoms with Crippen molar-refractivity contribution in [2.45, 2.75) is 12.5 Å². The maximum absolute atomic E-state index is 10.5. The van der Waals surface area contributed by atoms with Crippen molar-refractivity contribution >= 4 is 12.0 Å². The molecule has 1 aromatic carbocycles. The van der Waals surface area contributed by atoms with Crippen LogP contribution in [0.25, 0.3) is 6.08 Å². The summed E-state index contributed by atoms with van der Waals surface area (Å²) in [6.45, 7) is 0. The summed E-state index contributed by atoms with van der Waals surface area (Å²) in [7, 11) is 0. The quantitative estimate of drug-likeness (QED) is 0.743. The number of nitrogens with two attached hydrogens (primary N) is 1. The molecule has 0 aromatic heterocycles. The third-order valence-electron chi connectivity index (χ3n) is 1.80. The molecule has 0 saturated heterocycles. The fraction of sp³-hybridized carbons (Fsp3) is 0.182. The van der Waals surface area contributed by atoms with Crippen LogP contribution in [-0.4, -0.2) is 17.1 Å². The standard InChI is InChI=1S/C11H13NO2/c12-11(14)10(13)8-4-7-9-5-2-1-3-6-9/h1-7,10,13H,8H2,(H2,12,14)/b7-4+. The number of aliphatic hydroxyl groups excluding tert-OH is 1. The SMILES string of the molecule is NC(=O)C(O)C/C=C/c1ccccc1. The van der Waals surface area contributed by atoms with Crippen molar-refractivity contribution in [2.24, 2.45) is 5.73 Å². The van der Waals surface area contributed by atoms with Crippen molar-refractivity contribution in [1.82, 2.24) is 0 Å². The van der Waals surface area contributed by atoms with Gasteiger partial charge in [0.05, 0.1) is 0 Å². The van der Waals surface area contributed by atoms with Crippen LogP contribution in [0.1, 0.15) is 12.0 Å². The number of amides is 1. The van der Waals surface area contributed by atoms with Gasteiger partial charge in [-0.05, 0) is 5.56 Å². The van der Waals surface area contributed by atoms with Crippen molar-refractivity contribution in [1.29, 1.82) is 0 Å². The predicted octanol–water partition coefficient (Wildman–Crippen LogP) is 0.936. The molecule has 1 aromatic rings. The lowest BCUT2D eigenvalue weighted by molar-refractivity contribution is -0.125. The molecule has 0 fully saturated rings. The Balaban J connectivity index is 2.46. The molecule has 0 spiro atoms. The van der Waals surface area contributed by atoms with E-state index in [9.17, 15) is 4.79 Å². The Kier molecular flexibility index (Phi) is 3.88. The van der Waals surface area contributed by atoms with Gasteiger partial charge in [0.2, 0.25) is 5.91 Å². The Morgan fingerprint density at radius 1 is 1.43 bits per heavy atom. The van der Waals surface area contributed by atoms with E-state index in [0.29, 0.717) is 0 Å². The Hall–Kier alpha value is -1.61. The van der Waals surface area contributed by atoms with Gasteiger partial charge in [0.25, 0.3) is 0 Å². The summed E-state index contributed by atoms with van der Waals surface area (Å²) in [6, 6.07) is 9.64. The second kappa shape index (κ2) is 5.19. The summed E-state index contributed by atoms with van der Waals surface area (Å²) in [6.07, 6.45) is 2.73. The molecule has 14 heavy (non-hydrogen) atoms. The maximum Gasteiger partial charge on any atom is 0.246 e. The molecule has 1 unspecified atom stereocenters. The van der Waals surface area contributed by atoms with Gasteiger partial charge in [0, 0.05) is 6.42 Å². The van der Waals surface area contributed by atoms with Gasteiger partial charge in [-0.15, -0.1) is 0 Å². The molecule has 1 atom stereocenters. The number of primary amides is 1. The first-order chi connectivity index (χ1) is 6.70. The average molecular weight is 191 g/mol. The van der Waals surface area contributed by atoms with Crippen molar-refractivity contribution < 1.29 is 9.90 Å². The van der Waals surface area contributed by atoms with Crippen LogP contribution in [0.2, 0.25) is 0 Å². The van der Waals surface area contributed by atoms with Gasteiger partial charge in [-0.1, -0.05) is 42.5 Å². The third-order valence-corrected chi connectivity index (χ3v) is 1.80. The molecule has 3 N–H and O–H groups in total. The lowest BCUT2D eigenvalue weighted by Crippen LogP contribution is -2.27. The maximum atomic E-state index is 10.5. The number of carbonyl (C=O) groups is 1. The first-order valence-corrected chi connectivity index (χ1v) is 4.39. The molecule has 1 amide bonds. The van der Waals surface area contributed by atoms with E-state index in [1.54, 1.807) is 6.08 Å². The molecule has 3 nitrogen and oxygen atoms in total. The minimum atomic E-state index is -1.09. The largest absolute Gasteiger partial charge is 0.383 e. The minimum Gasteiger partial charge on any atom is -0.383 e. The monoisotopic (exact) mass is 191 g/mol. The molecule has 1 rings (SSSR count). The fourth-order valence-electron chi connectivity index (χ4n) is 1.01. The second-order valence-electron chi connectivity index (χ2n) is 2.97. The predicted molar refractivity (Wildman–Crippen MR) is 55.3 cm³/mol. The zero-order valence-corrected chi connectivity index (χ0v) is 7.76. The molecule has 74 valence electrons. The minimum absolute atomic E-state index is 0.254. The van der Waals surface area contributed by atoms with Crippen LogP contribution in [0.5, 0.6) is 0 Å². The van der Waals surface area contributed by atoms with Gasteiger partial charge < -0.3 is 10.8 Å². The van der Waals surface area contributed by atoms with Gasteiger partial charge in [-0.2, -0.15) is 0 Å². The van der Waals surface area contributed by atoms with E-state index in [2.05, 4.69) is 0 Å². The summed E-state index contributed by atoms with van der Waals surface area (Å²) in [5.41, 5.74) is 5.92. The topological polar surface area (TPSA) is 63.3 Å². The van der Waals surface area contributed by atoms with Crippen LogP contribution in [0.3, 0.4) is 0 Å². The number of aliphatic hydroxyl groups is 1. The fourth-order valence-corrected chi connectivity index (χ4v) is 1.01. The van der Waals surface area contributed by atoms with Gasteiger partial charge >= 0.3 is 0 Å². The van der Waals surface area contributed by atoms with E-state index in [1.165, 1.54) is 0 Å². The third kappa shape index (κ3) is 3.41. The van der Waals surface area contributed by atoms with E-state index in [0.717, 1.165) is 5.56 Å². The van der Waals surface area contributed by atoms with E-state index in [-0.39, 0.29) is 6.42 Å². The van der Waals surface area contributed by atoms with Crippen LogP contribution in [0, 0.1) is 0 Å². The van der Waals surface area contributed by atoms with Crippen LogP contribution < -0.4 is 5.73 Å². The first kappa shape index (κ1) is 10.5. The molecule has 0 saturated carbocycles. The summed E-state index contributed by atoms with van der Waals surface area (Å²) in [5.74, 6) is -0.692. The Bertz CT molecular complexity index is 319. The van der Waals surface area contributed by atoms with Crippen LogP contribution >= 0.6 is 0 Å². The number of rotatable bonds is 4. The molecule has 0 heterocycles. The Morgan fingerprint density at radius 3 is 2.64 bits per heavy atom. The highest BCUT2D eigenvalue weighted by Gasteiger charge is 2.06. The molecule has 0 aliphatic rings. The van der Waals surface area contributed by atoms with Crippen molar-refractivity contribution in [3.8, 4) is 0 Å². The van der Waals surface area contributed by atoms with E-state index >= 15 is 0 Å². The smallest absolute Gasteiger partial charge is 0.246 e. The van der Waals surface area contributed by atoms with Crippen LogP contribution in [-0.2, 0) is 4.79 Å². The first-order valence-electron chi connectivity index (χ1n) is 4.39. The lowest BCUT2D eigenvalue weighted by Gasteiger charge is -2.00. The summed E-state index contributed by atoms with van der Waals surface area (Å²) < 4.78 is 0. The molecule has 3 heteroatoms. The van der Waals surface area contributed by atoms with Gasteiger partial charge in [-0.25, -0.2) is 0 Å². The second-order valence-corrected chi connectivity index (χ2v) is 2.97. The van der Waals surface area contributed by atoms with Gasteiger partial charge in [0.15, 0.2) is 0 Å². The van der Waals surface area contributed by atoms with E-state index in [1.807, 2.05) is 36.4 Å². The number of benzene rings is 1. The zero-order chi connectivity index (χ0) is 10.4. The molecule has 0 radical (unpaired) electrons.